The number of aryl methyl sites for hydroxylation is 4. The maximum Gasteiger partial charge on any atom is 0.255 e. The predicted octanol–water partition coefficient (Wildman–Crippen LogP) is 4.39. The molecule has 0 aliphatic heterocycles. The molecule has 2 aromatic rings. The summed E-state index contributed by atoms with van der Waals surface area (Å²) in [5.74, 6) is -0.440. The number of hydrogen-bond acceptors (Lipinski definition) is 4. The van der Waals surface area contributed by atoms with E-state index in [2.05, 4.69) is 10.5 Å². The van der Waals surface area contributed by atoms with E-state index >= 15 is 0 Å². The van der Waals surface area contributed by atoms with E-state index in [1.165, 1.54) is 4.31 Å². The maximum atomic E-state index is 13.8. The van der Waals surface area contributed by atoms with Crippen molar-refractivity contribution in [3.8, 4) is 0 Å². The molecule has 1 amide bonds. The molecule has 0 heterocycles. The van der Waals surface area contributed by atoms with Gasteiger partial charge in [-0.25, -0.2) is 13.8 Å². The fourth-order valence-electron chi connectivity index (χ4n) is 4.48. The second-order valence-electron chi connectivity index (χ2n) is 8.77. The van der Waals surface area contributed by atoms with Gasteiger partial charge in [0, 0.05) is 6.04 Å². The Labute approximate surface area is 191 Å². The van der Waals surface area contributed by atoms with E-state index < -0.39 is 15.9 Å². The molecule has 0 aromatic heterocycles. The van der Waals surface area contributed by atoms with Crippen molar-refractivity contribution in [1.29, 1.82) is 0 Å². The molecule has 0 unspecified atom stereocenters. The molecule has 0 bridgehead atoms. The Hall–Kier alpha value is -2.51. The number of hydrogen-bond donors (Lipinski definition) is 1. The average molecular weight is 456 g/mol. The van der Waals surface area contributed by atoms with Gasteiger partial charge >= 0.3 is 0 Å². The Morgan fingerprint density at radius 1 is 1.00 bits per heavy atom. The van der Waals surface area contributed by atoms with Crippen molar-refractivity contribution in [3.05, 3.63) is 64.2 Å². The van der Waals surface area contributed by atoms with Crippen LogP contribution in [0.1, 0.15) is 59.9 Å². The molecule has 0 atom stereocenters. The zero-order valence-corrected chi connectivity index (χ0v) is 20.2. The number of carbonyl (C=O) groups excluding carboxylic acids is 1. The molecule has 2 aromatic carbocycles. The van der Waals surface area contributed by atoms with Crippen molar-refractivity contribution in [2.24, 2.45) is 5.10 Å². The zero-order chi connectivity index (χ0) is 23.3. The van der Waals surface area contributed by atoms with Gasteiger partial charge in [-0.2, -0.15) is 9.41 Å². The van der Waals surface area contributed by atoms with Crippen molar-refractivity contribution in [2.75, 3.05) is 6.54 Å². The SMILES string of the molecule is Cc1ccc(/C=N/NC(=O)CN(C2CCCCC2)S(=O)(=O)c2c(C)cc(C)cc2C)cc1. The van der Waals surface area contributed by atoms with Crippen LogP contribution in [-0.4, -0.2) is 37.4 Å². The number of benzene rings is 2. The van der Waals surface area contributed by atoms with Gasteiger partial charge in [0.2, 0.25) is 10.0 Å². The maximum absolute atomic E-state index is 13.8. The van der Waals surface area contributed by atoms with Gasteiger partial charge in [-0.3, -0.25) is 4.79 Å². The van der Waals surface area contributed by atoms with Gasteiger partial charge in [0.15, 0.2) is 0 Å². The van der Waals surface area contributed by atoms with Crippen LogP contribution in [0.4, 0.5) is 0 Å². The molecule has 172 valence electrons. The van der Waals surface area contributed by atoms with Crippen molar-refractivity contribution in [2.45, 2.75) is 70.7 Å². The minimum absolute atomic E-state index is 0.180. The molecule has 1 N–H and O–H groups in total. The Morgan fingerprint density at radius 3 is 2.19 bits per heavy atom. The van der Waals surface area contributed by atoms with Crippen LogP contribution < -0.4 is 5.43 Å². The number of sulfonamides is 1. The molecule has 32 heavy (non-hydrogen) atoms. The third-order valence-electron chi connectivity index (χ3n) is 5.93. The van der Waals surface area contributed by atoms with Crippen LogP contribution >= 0.6 is 0 Å². The number of rotatable bonds is 7. The predicted molar refractivity (Wildman–Crippen MR) is 128 cm³/mol. The van der Waals surface area contributed by atoms with Gasteiger partial charge in [-0.1, -0.05) is 66.8 Å². The Bertz CT molecular complexity index is 1060. The minimum Gasteiger partial charge on any atom is -0.272 e. The summed E-state index contributed by atoms with van der Waals surface area (Å²) in [5.41, 5.74) is 6.94. The second kappa shape index (κ2) is 10.4. The fourth-order valence-corrected chi connectivity index (χ4v) is 6.54. The van der Waals surface area contributed by atoms with Crippen LogP contribution in [0.5, 0.6) is 0 Å². The number of hydrazone groups is 1. The number of carbonyl (C=O) groups is 1. The van der Waals surface area contributed by atoms with Crippen LogP contribution in [0.2, 0.25) is 0 Å². The monoisotopic (exact) mass is 455 g/mol. The fraction of sp³-hybridized carbons (Fsp3) is 0.440. The van der Waals surface area contributed by atoms with Gasteiger partial charge in [0.1, 0.15) is 0 Å². The van der Waals surface area contributed by atoms with E-state index in [-0.39, 0.29) is 12.6 Å². The van der Waals surface area contributed by atoms with E-state index in [1.54, 1.807) is 6.21 Å². The van der Waals surface area contributed by atoms with Crippen molar-refractivity contribution < 1.29 is 13.2 Å². The molecule has 0 saturated heterocycles. The average Bonchev–Trinajstić information content (AvgIpc) is 2.73. The molecule has 1 saturated carbocycles. The summed E-state index contributed by atoms with van der Waals surface area (Å²) in [5, 5.41) is 4.02. The first-order chi connectivity index (χ1) is 15.2. The summed E-state index contributed by atoms with van der Waals surface area (Å²) in [6, 6.07) is 11.3. The van der Waals surface area contributed by atoms with Gasteiger partial charge in [0.25, 0.3) is 5.91 Å². The molecule has 0 radical (unpaired) electrons. The van der Waals surface area contributed by atoms with Crippen LogP contribution in [-0.2, 0) is 14.8 Å². The van der Waals surface area contributed by atoms with E-state index in [0.717, 1.165) is 48.8 Å². The van der Waals surface area contributed by atoms with Gasteiger partial charge in [-0.15, -0.1) is 0 Å². The van der Waals surface area contributed by atoms with Crippen LogP contribution in [0.25, 0.3) is 0 Å². The lowest BCUT2D eigenvalue weighted by molar-refractivity contribution is -0.121. The topological polar surface area (TPSA) is 78.8 Å². The van der Waals surface area contributed by atoms with Gasteiger partial charge < -0.3 is 0 Å². The summed E-state index contributed by atoms with van der Waals surface area (Å²) in [7, 11) is -3.84. The smallest absolute Gasteiger partial charge is 0.255 e. The summed E-state index contributed by atoms with van der Waals surface area (Å²) >= 11 is 0. The van der Waals surface area contributed by atoms with E-state index in [4.69, 9.17) is 0 Å². The third kappa shape index (κ3) is 5.84. The van der Waals surface area contributed by atoms with Gasteiger partial charge in [-0.05, 0) is 57.2 Å². The molecule has 3 rings (SSSR count). The Balaban J connectivity index is 1.83. The molecule has 7 heteroatoms. The Kier molecular flexibility index (Phi) is 7.85. The second-order valence-corrected chi connectivity index (χ2v) is 10.6. The van der Waals surface area contributed by atoms with Gasteiger partial charge in [0.05, 0.1) is 17.7 Å². The summed E-state index contributed by atoms with van der Waals surface area (Å²) < 4.78 is 28.9. The molecular formula is C25H33N3O3S. The van der Waals surface area contributed by atoms with Crippen LogP contribution in [0.15, 0.2) is 46.4 Å². The largest absolute Gasteiger partial charge is 0.272 e. The first kappa shape index (κ1) is 24.1. The van der Waals surface area contributed by atoms with E-state index in [1.807, 2.05) is 64.1 Å². The van der Waals surface area contributed by atoms with E-state index in [0.29, 0.717) is 16.0 Å². The Morgan fingerprint density at radius 2 is 1.59 bits per heavy atom. The van der Waals surface area contributed by atoms with E-state index in [9.17, 15) is 13.2 Å². The number of nitrogens with one attached hydrogen (secondary N) is 1. The van der Waals surface area contributed by atoms with Crippen molar-refractivity contribution >= 4 is 22.1 Å². The van der Waals surface area contributed by atoms with Crippen LogP contribution in [0, 0.1) is 27.7 Å². The highest BCUT2D eigenvalue weighted by Gasteiger charge is 2.35. The first-order valence-corrected chi connectivity index (χ1v) is 12.6. The quantitative estimate of drug-likeness (QED) is 0.497. The number of nitrogens with zero attached hydrogens (tertiary/aromatic N) is 2. The zero-order valence-electron chi connectivity index (χ0n) is 19.4. The summed E-state index contributed by atoms with van der Waals surface area (Å²) in [4.78, 5) is 13.0. The lowest BCUT2D eigenvalue weighted by Gasteiger charge is -2.33. The number of amides is 1. The molecule has 1 aliphatic carbocycles. The molecular weight excluding hydrogens is 422 g/mol. The van der Waals surface area contributed by atoms with Crippen molar-refractivity contribution in [3.63, 3.8) is 0 Å². The highest BCUT2D eigenvalue weighted by atomic mass is 32.2. The van der Waals surface area contributed by atoms with Crippen LogP contribution in [0.3, 0.4) is 0 Å². The summed E-state index contributed by atoms with van der Waals surface area (Å²) in [6.07, 6.45) is 6.13. The molecule has 6 nitrogen and oxygen atoms in total. The highest BCUT2D eigenvalue weighted by Crippen LogP contribution is 2.31. The van der Waals surface area contributed by atoms with Crippen molar-refractivity contribution in [1.82, 2.24) is 9.73 Å². The summed E-state index contributed by atoms with van der Waals surface area (Å²) in [6.45, 7) is 7.34. The first-order valence-electron chi connectivity index (χ1n) is 11.2. The molecule has 1 fully saturated rings. The highest BCUT2D eigenvalue weighted by molar-refractivity contribution is 7.89. The lowest BCUT2D eigenvalue weighted by atomic mass is 9.95. The minimum atomic E-state index is -3.84. The molecule has 0 spiro atoms. The molecule has 1 aliphatic rings. The lowest BCUT2D eigenvalue weighted by Crippen LogP contribution is -2.46. The standard InChI is InChI=1S/C25H33N3O3S/c1-18-10-12-22(13-11-18)16-26-27-24(29)17-28(23-8-6-5-7-9-23)32(30,31)25-20(3)14-19(2)15-21(25)4/h10-16,23H,5-9,17H2,1-4H3,(H,27,29)/b26-16+. The third-order valence-corrected chi connectivity index (χ3v) is 8.14. The normalized spacial score (nSPS) is 15.4.